The van der Waals surface area contributed by atoms with E-state index in [1.807, 2.05) is 6.92 Å². The van der Waals surface area contributed by atoms with Gasteiger partial charge in [0.1, 0.15) is 5.82 Å². The van der Waals surface area contributed by atoms with Crippen LogP contribution in [0.3, 0.4) is 0 Å². The number of H-pyrrole nitrogens is 1. The van der Waals surface area contributed by atoms with Crippen LogP contribution in [0, 0.1) is 0 Å². The van der Waals surface area contributed by atoms with E-state index in [1.54, 1.807) is 13.2 Å². The van der Waals surface area contributed by atoms with Crippen molar-refractivity contribution < 1.29 is 9.84 Å². The molecule has 3 N–H and O–H groups in total. The third-order valence-corrected chi connectivity index (χ3v) is 3.34. The van der Waals surface area contributed by atoms with Crippen LogP contribution in [0.15, 0.2) is 6.20 Å². The number of hydrogen-bond donors (Lipinski definition) is 3. The monoisotopic (exact) mass is 278 g/mol. The molecule has 2 atom stereocenters. The summed E-state index contributed by atoms with van der Waals surface area (Å²) in [4.78, 5) is 11.0. The van der Waals surface area contributed by atoms with E-state index in [1.165, 1.54) is 0 Å². The summed E-state index contributed by atoms with van der Waals surface area (Å²) in [5, 5.41) is 20.0. The van der Waals surface area contributed by atoms with Crippen LogP contribution in [0.5, 0.6) is 0 Å². The molecule has 1 aliphatic rings. The molecule has 0 radical (unpaired) electrons. The van der Waals surface area contributed by atoms with Crippen molar-refractivity contribution in [2.75, 3.05) is 37.0 Å². The molecule has 1 aliphatic heterocycles. The summed E-state index contributed by atoms with van der Waals surface area (Å²) >= 11 is 0. The van der Waals surface area contributed by atoms with Gasteiger partial charge in [-0.1, -0.05) is 0 Å². The van der Waals surface area contributed by atoms with Crippen molar-refractivity contribution in [3.05, 3.63) is 6.20 Å². The Labute approximate surface area is 116 Å². The van der Waals surface area contributed by atoms with Crippen molar-refractivity contribution in [1.82, 2.24) is 20.2 Å². The van der Waals surface area contributed by atoms with E-state index in [0.29, 0.717) is 18.1 Å². The number of aliphatic hydroxyl groups excluding tert-OH is 1. The maximum absolute atomic E-state index is 9.33. The molecule has 108 valence electrons. The Morgan fingerprint density at radius 1 is 1.50 bits per heavy atom. The Bertz CT molecular complexity index is 601. The fourth-order valence-electron chi connectivity index (χ4n) is 2.49. The van der Waals surface area contributed by atoms with Crippen molar-refractivity contribution in [1.29, 1.82) is 0 Å². The first-order chi connectivity index (χ1) is 9.71. The highest BCUT2D eigenvalue weighted by Crippen LogP contribution is 2.26. The minimum Gasteiger partial charge on any atom is -0.394 e. The van der Waals surface area contributed by atoms with Gasteiger partial charge in [-0.15, -0.1) is 0 Å². The number of morpholine rings is 1. The van der Waals surface area contributed by atoms with E-state index < -0.39 is 0 Å². The van der Waals surface area contributed by atoms with E-state index in [2.05, 4.69) is 30.4 Å². The fraction of sp³-hybridized carbons (Fsp3) is 0.583. The second-order valence-electron chi connectivity index (χ2n) is 4.91. The molecule has 1 fully saturated rings. The molecule has 0 bridgehead atoms. The van der Waals surface area contributed by atoms with Crippen LogP contribution in [0.2, 0.25) is 0 Å². The first-order valence-corrected chi connectivity index (χ1v) is 6.61. The molecule has 0 saturated carbocycles. The number of anilines is 2. The average Bonchev–Trinajstić information content (AvgIpc) is 2.93. The molecule has 0 aliphatic carbocycles. The number of rotatable bonds is 3. The van der Waals surface area contributed by atoms with Gasteiger partial charge >= 0.3 is 0 Å². The van der Waals surface area contributed by atoms with Gasteiger partial charge in [-0.2, -0.15) is 15.1 Å². The van der Waals surface area contributed by atoms with Crippen LogP contribution in [-0.4, -0.2) is 64.2 Å². The maximum atomic E-state index is 9.33. The predicted molar refractivity (Wildman–Crippen MR) is 74.9 cm³/mol. The molecule has 3 heterocycles. The fourth-order valence-corrected chi connectivity index (χ4v) is 2.49. The molecule has 0 amide bonds. The molecule has 3 rings (SSSR count). The van der Waals surface area contributed by atoms with Gasteiger partial charge in [0.2, 0.25) is 5.95 Å². The molecule has 8 heteroatoms. The Balaban J connectivity index is 2.01. The van der Waals surface area contributed by atoms with E-state index in [4.69, 9.17) is 4.74 Å². The van der Waals surface area contributed by atoms with Gasteiger partial charge in [-0.3, -0.25) is 5.10 Å². The van der Waals surface area contributed by atoms with Crippen molar-refractivity contribution >= 4 is 22.8 Å². The molecular formula is C12H18N6O2. The maximum Gasteiger partial charge on any atom is 0.226 e. The Kier molecular flexibility index (Phi) is 3.41. The summed E-state index contributed by atoms with van der Waals surface area (Å²) in [5.41, 5.74) is 0.694. The van der Waals surface area contributed by atoms with Gasteiger partial charge in [0.15, 0.2) is 5.65 Å². The summed E-state index contributed by atoms with van der Waals surface area (Å²) in [6, 6.07) is 0. The Morgan fingerprint density at radius 3 is 3.10 bits per heavy atom. The molecular weight excluding hydrogens is 260 g/mol. The van der Waals surface area contributed by atoms with Crippen LogP contribution >= 0.6 is 0 Å². The van der Waals surface area contributed by atoms with Crippen molar-refractivity contribution in [2.24, 2.45) is 0 Å². The third kappa shape index (κ3) is 2.27. The van der Waals surface area contributed by atoms with Gasteiger partial charge in [-0.05, 0) is 6.92 Å². The highest BCUT2D eigenvalue weighted by molar-refractivity contribution is 5.87. The average molecular weight is 278 g/mol. The molecule has 20 heavy (non-hydrogen) atoms. The number of aromatic amines is 1. The van der Waals surface area contributed by atoms with Crippen molar-refractivity contribution in [2.45, 2.75) is 19.1 Å². The number of aliphatic hydroxyl groups is 1. The molecule has 0 aromatic carbocycles. The van der Waals surface area contributed by atoms with E-state index in [0.717, 1.165) is 17.7 Å². The van der Waals surface area contributed by atoms with E-state index >= 15 is 0 Å². The van der Waals surface area contributed by atoms with Gasteiger partial charge in [0, 0.05) is 20.1 Å². The van der Waals surface area contributed by atoms with Crippen molar-refractivity contribution in [3.63, 3.8) is 0 Å². The van der Waals surface area contributed by atoms with Crippen molar-refractivity contribution in [3.8, 4) is 0 Å². The summed E-state index contributed by atoms with van der Waals surface area (Å²) in [5.74, 6) is 1.35. The lowest BCUT2D eigenvalue weighted by Crippen LogP contribution is -2.48. The summed E-state index contributed by atoms with van der Waals surface area (Å²) in [7, 11) is 1.78. The largest absolute Gasteiger partial charge is 0.394 e. The van der Waals surface area contributed by atoms with Crippen LogP contribution in [-0.2, 0) is 4.74 Å². The lowest BCUT2D eigenvalue weighted by molar-refractivity contribution is -0.0422. The zero-order valence-corrected chi connectivity index (χ0v) is 11.5. The van der Waals surface area contributed by atoms with Crippen LogP contribution < -0.4 is 10.2 Å². The van der Waals surface area contributed by atoms with Crippen LogP contribution in [0.1, 0.15) is 6.92 Å². The molecule has 8 nitrogen and oxygen atoms in total. The van der Waals surface area contributed by atoms with E-state index in [9.17, 15) is 5.11 Å². The standard InChI is InChI=1S/C12H18N6O2/c1-7-4-18(5-8(6-19)20-7)11-9-3-14-17-10(9)15-12(13-2)16-11/h3,7-8,19H,4-6H2,1-2H3,(H2,13,14,15,16,17). The molecule has 2 unspecified atom stereocenters. The zero-order chi connectivity index (χ0) is 14.1. The highest BCUT2D eigenvalue weighted by Gasteiger charge is 2.27. The normalized spacial score (nSPS) is 23.2. The quantitative estimate of drug-likeness (QED) is 0.725. The van der Waals surface area contributed by atoms with Gasteiger partial charge in [-0.25, -0.2) is 0 Å². The minimum atomic E-state index is -0.200. The van der Waals surface area contributed by atoms with Gasteiger partial charge in [0.05, 0.1) is 30.4 Å². The Morgan fingerprint density at radius 2 is 2.35 bits per heavy atom. The van der Waals surface area contributed by atoms with Gasteiger partial charge < -0.3 is 20.1 Å². The number of hydrogen-bond acceptors (Lipinski definition) is 7. The molecule has 1 saturated heterocycles. The third-order valence-electron chi connectivity index (χ3n) is 3.34. The van der Waals surface area contributed by atoms with Gasteiger partial charge in [0.25, 0.3) is 0 Å². The predicted octanol–water partition coefficient (Wildman–Crippen LogP) is -0.0194. The summed E-state index contributed by atoms with van der Waals surface area (Å²) < 4.78 is 5.66. The number of aromatic nitrogens is 4. The topological polar surface area (TPSA) is 99.2 Å². The lowest BCUT2D eigenvalue weighted by Gasteiger charge is -2.37. The zero-order valence-electron chi connectivity index (χ0n) is 11.5. The number of fused-ring (bicyclic) bond motifs is 1. The first-order valence-electron chi connectivity index (χ1n) is 6.61. The Hall–Kier alpha value is -1.93. The van der Waals surface area contributed by atoms with Crippen LogP contribution in [0.25, 0.3) is 11.0 Å². The lowest BCUT2D eigenvalue weighted by atomic mass is 10.2. The van der Waals surface area contributed by atoms with Crippen LogP contribution in [0.4, 0.5) is 11.8 Å². The number of nitrogens with one attached hydrogen (secondary N) is 2. The molecule has 0 spiro atoms. The first kappa shape index (κ1) is 13.1. The summed E-state index contributed by atoms with van der Waals surface area (Å²) in [6.45, 7) is 3.30. The highest BCUT2D eigenvalue weighted by atomic mass is 16.5. The summed E-state index contributed by atoms with van der Waals surface area (Å²) in [6.07, 6.45) is 1.56. The SMILES string of the molecule is CNc1nc(N2CC(C)OC(CO)C2)c2cn[nH]c2n1. The second-order valence-corrected chi connectivity index (χ2v) is 4.91. The minimum absolute atomic E-state index is 0.000656. The molecule has 2 aromatic rings. The second kappa shape index (κ2) is 5.22. The number of nitrogens with zero attached hydrogens (tertiary/aromatic N) is 4. The smallest absolute Gasteiger partial charge is 0.226 e. The van der Waals surface area contributed by atoms with E-state index in [-0.39, 0.29) is 18.8 Å². The number of ether oxygens (including phenoxy) is 1. The molecule has 2 aromatic heterocycles.